The predicted octanol–water partition coefficient (Wildman–Crippen LogP) is 2.12. The Morgan fingerprint density at radius 2 is 1.83 bits per heavy atom. The first-order valence-corrected chi connectivity index (χ1v) is 7.12. The second kappa shape index (κ2) is 11.9. The molecule has 2 atom stereocenters. The van der Waals surface area contributed by atoms with Crippen LogP contribution in [0.5, 0.6) is 0 Å². The smallest absolute Gasteiger partial charge is 0.0779 e. The van der Waals surface area contributed by atoms with Gasteiger partial charge in [-0.15, -0.1) is 0 Å². The summed E-state index contributed by atoms with van der Waals surface area (Å²) in [6.45, 7) is 6.82. The molecule has 0 bridgehead atoms. The summed E-state index contributed by atoms with van der Waals surface area (Å²) in [5, 5.41) is 17.1. The zero-order valence-corrected chi connectivity index (χ0v) is 12.1. The Hall–Kier alpha value is -0.160. The first-order chi connectivity index (χ1) is 8.60. The van der Waals surface area contributed by atoms with Crippen LogP contribution in [0, 0.1) is 0 Å². The second-order valence-electron chi connectivity index (χ2n) is 4.95. The highest BCUT2D eigenvalue weighted by Gasteiger charge is 2.13. The van der Waals surface area contributed by atoms with Gasteiger partial charge < -0.3 is 19.7 Å². The maximum atomic E-state index is 8.69. The summed E-state index contributed by atoms with van der Waals surface area (Å²) < 4.78 is 10.5. The normalized spacial score (nSPS) is 19.2. The van der Waals surface area contributed by atoms with Crippen LogP contribution in [0.4, 0.5) is 0 Å². The van der Waals surface area contributed by atoms with Crippen molar-refractivity contribution in [1.29, 1.82) is 0 Å². The molecular formula is C14H30O4. The molecule has 1 saturated carbocycles. The third kappa shape index (κ3) is 11.0. The summed E-state index contributed by atoms with van der Waals surface area (Å²) >= 11 is 0. The minimum atomic E-state index is -0.445. The van der Waals surface area contributed by atoms with Gasteiger partial charge in [-0.1, -0.05) is 19.8 Å². The number of aliphatic hydroxyl groups is 2. The lowest BCUT2D eigenvalue weighted by atomic mass is 10.3. The van der Waals surface area contributed by atoms with E-state index in [0.29, 0.717) is 12.7 Å². The lowest BCUT2D eigenvalue weighted by Crippen LogP contribution is -2.19. The Morgan fingerprint density at radius 3 is 2.28 bits per heavy atom. The van der Waals surface area contributed by atoms with Crippen molar-refractivity contribution in [3.05, 3.63) is 0 Å². The largest absolute Gasteiger partial charge is 0.394 e. The molecule has 0 aliphatic heterocycles. The Bertz CT molecular complexity index is 167. The average molecular weight is 262 g/mol. The fraction of sp³-hybridized carbons (Fsp3) is 1.00. The number of ether oxygens (including phenoxy) is 2. The van der Waals surface area contributed by atoms with E-state index < -0.39 is 6.10 Å². The fourth-order valence-electron chi connectivity index (χ4n) is 1.70. The molecule has 0 heterocycles. The number of aliphatic hydroxyl groups excluding tert-OH is 2. The van der Waals surface area contributed by atoms with Gasteiger partial charge in [0.05, 0.1) is 31.5 Å². The van der Waals surface area contributed by atoms with Crippen LogP contribution in [0.3, 0.4) is 0 Å². The minimum absolute atomic E-state index is 0.00667. The molecule has 0 amide bonds. The van der Waals surface area contributed by atoms with Crippen molar-refractivity contribution in [3.63, 3.8) is 0 Å². The van der Waals surface area contributed by atoms with Crippen LogP contribution in [0.15, 0.2) is 0 Å². The summed E-state index contributed by atoms with van der Waals surface area (Å²) in [6, 6.07) is 0. The molecule has 1 rings (SSSR count). The van der Waals surface area contributed by atoms with E-state index in [4.69, 9.17) is 19.7 Å². The van der Waals surface area contributed by atoms with Gasteiger partial charge >= 0.3 is 0 Å². The highest BCUT2D eigenvalue weighted by Crippen LogP contribution is 2.20. The number of rotatable bonds is 7. The Labute approximate surface area is 111 Å². The standard InChI is InChI=1S/C8H16O.C6H14O3/c1-2-7-9-8-5-3-4-6-8;1-5(8)4-9-6(2)3-7/h8H,2-7H2,1H3;5-8H,3-4H2,1-2H3. The molecule has 18 heavy (non-hydrogen) atoms. The van der Waals surface area contributed by atoms with Crippen molar-refractivity contribution in [3.8, 4) is 0 Å². The van der Waals surface area contributed by atoms with Crippen LogP contribution in [0.2, 0.25) is 0 Å². The van der Waals surface area contributed by atoms with Gasteiger partial charge in [0, 0.05) is 6.61 Å². The van der Waals surface area contributed by atoms with Crippen molar-refractivity contribution >= 4 is 0 Å². The highest BCUT2D eigenvalue weighted by molar-refractivity contribution is 4.66. The average Bonchev–Trinajstić information content (AvgIpc) is 2.87. The maximum Gasteiger partial charge on any atom is 0.0779 e. The molecule has 0 saturated heterocycles. The van der Waals surface area contributed by atoms with E-state index in [9.17, 15) is 0 Å². The Balaban J connectivity index is 0.000000321. The van der Waals surface area contributed by atoms with Gasteiger partial charge in [-0.25, -0.2) is 0 Å². The topological polar surface area (TPSA) is 58.9 Å². The van der Waals surface area contributed by atoms with Gasteiger partial charge in [0.25, 0.3) is 0 Å². The monoisotopic (exact) mass is 262 g/mol. The molecule has 2 N–H and O–H groups in total. The lowest BCUT2D eigenvalue weighted by Gasteiger charge is -2.10. The lowest BCUT2D eigenvalue weighted by molar-refractivity contribution is -0.0177. The Kier molecular flexibility index (Phi) is 11.8. The molecule has 0 radical (unpaired) electrons. The fourth-order valence-corrected chi connectivity index (χ4v) is 1.70. The van der Waals surface area contributed by atoms with Crippen molar-refractivity contribution in [2.45, 2.75) is 71.2 Å². The molecule has 0 aromatic carbocycles. The van der Waals surface area contributed by atoms with Crippen molar-refractivity contribution in [2.75, 3.05) is 19.8 Å². The van der Waals surface area contributed by atoms with E-state index in [-0.39, 0.29) is 12.7 Å². The third-order valence-corrected chi connectivity index (χ3v) is 2.74. The van der Waals surface area contributed by atoms with Gasteiger partial charge in [-0.3, -0.25) is 0 Å². The molecule has 1 aliphatic carbocycles. The molecule has 4 heteroatoms. The highest BCUT2D eigenvalue weighted by atomic mass is 16.5. The second-order valence-corrected chi connectivity index (χ2v) is 4.95. The van der Waals surface area contributed by atoms with Crippen molar-refractivity contribution < 1.29 is 19.7 Å². The van der Waals surface area contributed by atoms with Crippen LogP contribution >= 0.6 is 0 Å². The van der Waals surface area contributed by atoms with Crippen LogP contribution in [-0.2, 0) is 9.47 Å². The molecule has 0 aromatic rings. The van der Waals surface area contributed by atoms with E-state index in [2.05, 4.69) is 6.92 Å². The van der Waals surface area contributed by atoms with Gasteiger partial charge in [0.15, 0.2) is 0 Å². The molecule has 1 fully saturated rings. The molecule has 0 spiro atoms. The molecule has 4 nitrogen and oxygen atoms in total. The first-order valence-electron chi connectivity index (χ1n) is 7.12. The summed E-state index contributed by atoms with van der Waals surface area (Å²) in [4.78, 5) is 0. The SMILES string of the molecule is CC(O)COC(C)CO.CCCOC1CCCC1. The van der Waals surface area contributed by atoms with Gasteiger partial charge in [-0.2, -0.15) is 0 Å². The van der Waals surface area contributed by atoms with Gasteiger partial charge in [0.2, 0.25) is 0 Å². The van der Waals surface area contributed by atoms with Crippen molar-refractivity contribution in [1.82, 2.24) is 0 Å². The molecular weight excluding hydrogens is 232 g/mol. The van der Waals surface area contributed by atoms with E-state index in [1.54, 1.807) is 13.8 Å². The summed E-state index contributed by atoms with van der Waals surface area (Å²) in [5.74, 6) is 0. The number of hydrogen-bond donors (Lipinski definition) is 2. The van der Waals surface area contributed by atoms with Crippen LogP contribution in [0.25, 0.3) is 0 Å². The summed E-state index contributed by atoms with van der Waals surface area (Å²) in [7, 11) is 0. The van der Waals surface area contributed by atoms with Crippen molar-refractivity contribution in [2.24, 2.45) is 0 Å². The third-order valence-electron chi connectivity index (χ3n) is 2.74. The first kappa shape index (κ1) is 17.8. The van der Waals surface area contributed by atoms with Crippen LogP contribution < -0.4 is 0 Å². The summed E-state index contributed by atoms with van der Waals surface area (Å²) in [5.41, 5.74) is 0. The number of hydrogen-bond acceptors (Lipinski definition) is 4. The predicted molar refractivity (Wildman–Crippen MR) is 72.7 cm³/mol. The molecule has 1 aliphatic rings. The maximum absolute atomic E-state index is 8.69. The van der Waals surface area contributed by atoms with Crippen LogP contribution in [0.1, 0.15) is 52.9 Å². The van der Waals surface area contributed by atoms with Crippen LogP contribution in [-0.4, -0.2) is 48.3 Å². The molecule has 2 unspecified atom stereocenters. The van der Waals surface area contributed by atoms with E-state index in [0.717, 1.165) is 13.0 Å². The van der Waals surface area contributed by atoms with E-state index in [1.807, 2.05) is 0 Å². The summed E-state index contributed by atoms with van der Waals surface area (Å²) in [6.07, 6.45) is 6.54. The van der Waals surface area contributed by atoms with E-state index >= 15 is 0 Å². The van der Waals surface area contributed by atoms with Gasteiger partial charge in [-0.05, 0) is 33.1 Å². The minimum Gasteiger partial charge on any atom is -0.394 e. The van der Waals surface area contributed by atoms with Gasteiger partial charge in [0.1, 0.15) is 0 Å². The quantitative estimate of drug-likeness (QED) is 0.738. The zero-order chi connectivity index (χ0) is 13.8. The zero-order valence-electron chi connectivity index (χ0n) is 12.1. The Morgan fingerprint density at radius 1 is 1.22 bits per heavy atom. The molecule has 0 aromatic heterocycles. The van der Waals surface area contributed by atoms with E-state index in [1.165, 1.54) is 25.7 Å². The molecule has 110 valence electrons.